The van der Waals surface area contributed by atoms with Crippen LogP contribution in [0.15, 0.2) is 35.6 Å². The van der Waals surface area contributed by atoms with Crippen LogP contribution in [0.25, 0.3) is 10.9 Å². The minimum Gasteiger partial charge on any atom is -0.378 e. The van der Waals surface area contributed by atoms with Crippen LogP contribution in [0.5, 0.6) is 0 Å². The summed E-state index contributed by atoms with van der Waals surface area (Å²) in [6.45, 7) is 8.82. The van der Waals surface area contributed by atoms with Gasteiger partial charge in [0.1, 0.15) is 0 Å². The van der Waals surface area contributed by atoms with Gasteiger partial charge in [0.15, 0.2) is 5.16 Å². The van der Waals surface area contributed by atoms with Crippen molar-refractivity contribution in [2.24, 2.45) is 5.92 Å². The fourth-order valence-corrected chi connectivity index (χ4v) is 4.54. The summed E-state index contributed by atoms with van der Waals surface area (Å²) in [5, 5.41) is 13.8. The first-order chi connectivity index (χ1) is 15.1. The van der Waals surface area contributed by atoms with Crippen molar-refractivity contribution >= 4 is 34.5 Å². The quantitative estimate of drug-likeness (QED) is 0.496. The van der Waals surface area contributed by atoms with Gasteiger partial charge in [-0.3, -0.25) is 9.36 Å². The van der Waals surface area contributed by atoms with Crippen LogP contribution < -0.4 is 10.2 Å². The van der Waals surface area contributed by atoms with Gasteiger partial charge in [0.25, 0.3) is 0 Å². The molecule has 1 aliphatic heterocycles. The molecule has 3 heterocycles. The number of aromatic amines is 1. The zero-order valence-corrected chi connectivity index (χ0v) is 19.0. The third-order valence-corrected chi connectivity index (χ3v) is 6.23. The minimum atomic E-state index is 0.0110. The molecule has 1 saturated heterocycles. The number of morpholine rings is 1. The first-order valence-electron chi connectivity index (χ1n) is 10.8. The monoisotopic (exact) mass is 442 g/mol. The van der Waals surface area contributed by atoms with Crippen molar-refractivity contribution in [2.45, 2.75) is 32.0 Å². The number of H-pyrrole nitrogens is 1. The van der Waals surface area contributed by atoms with E-state index >= 15 is 0 Å². The zero-order valence-electron chi connectivity index (χ0n) is 18.1. The van der Waals surface area contributed by atoms with Crippen molar-refractivity contribution in [1.29, 1.82) is 0 Å². The highest BCUT2D eigenvalue weighted by atomic mass is 32.2. The molecule has 1 amide bonds. The molecule has 8 nitrogen and oxygen atoms in total. The molecule has 1 fully saturated rings. The van der Waals surface area contributed by atoms with E-state index in [1.165, 1.54) is 22.7 Å². The Morgan fingerprint density at radius 2 is 2.06 bits per heavy atom. The molecule has 0 atom stereocenters. The van der Waals surface area contributed by atoms with E-state index in [0.717, 1.165) is 42.7 Å². The Kier molecular flexibility index (Phi) is 7.14. The number of ether oxygens (including phenoxy) is 1. The summed E-state index contributed by atoms with van der Waals surface area (Å²) in [7, 11) is 0. The fraction of sp³-hybridized carbons (Fsp3) is 0.500. The summed E-state index contributed by atoms with van der Waals surface area (Å²) in [6.07, 6.45) is 2.82. The van der Waals surface area contributed by atoms with E-state index in [0.29, 0.717) is 31.4 Å². The van der Waals surface area contributed by atoms with Gasteiger partial charge in [-0.05, 0) is 24.0 Å². The van der Waals surface area contributed by atoms with Crippen LogP contribution in [0.1, 0.15) is 19.4 Å². The standard InChI is InChI=1S/C22H30N6O2S/c1-16(2)14-28-21(27-9-11-30-12-10-27)25-26-22(28)31-15-20(29)23-8-7-17-13-24-19-6-4-3-5-18(17)19/h3-6,13,16,24H,7-12,14-15H2,1-2H3,(H,23,29). The number of para-hydroxylation sites is 1. The molecule has 3 aromatic rings. The summed E-state index contributed by atoms with van der Waals surface area (Å²) in [4.78, 5) is 17.9. The van der Waals surface area contributed by atoms with Crippen LogP contribution in [0.4, 0.5) is 5.95 Å². The van der Waals surface area contributed by atoms with Crippen LogP contribution in [-0.2, 0) is 22.5 Å². The highest BCUT2D eigenvalue weighted by Crippen LogP contribution is 2.24. The van der Waals surface area contributed by atoms with Gasteiger partial charge in [-0.25, -0.2) is 0 Å². The largest absolute Gasteiger partial charge is 0.378 e. The number of aromatic nitrogens is 4. The molecule has 0 bridgehead atoms. The Bertz CT molecular complexity index is 1010. The van der Waals surface area contributed by atoms with E-state index in [2.05, 4.69) is 55.9 Å². The SMILES string of the molecule is CC(C)Cn1c(SCC(=O)NCCc2c[nH]c3ccccc23)nnc1N1CCOCC1. The van der Waals surface area contributed by atoms with E-state index < -0.39 is 0 Å². The lowest BCUT2D eigenvalue weighted by Crippen LogP contribution is -2.38. The topological polar surface area (TPSA) is 88.1 Å². The number of thioether (sulfide) groups is 1. The number of nitrogens with one attached hydrogen (secondary N) is 2. The van der Waals surface area contributed by atoms with E-state index in [-0.39, 0.29) is 5.91 Å². The molecule has 0 spiro atoms. The molecule has 0 radical (unpaired) electrons. The van der Waals surface area contributed by atoms with Crippen LogP contribution in [0, 0.1) is 5.92 Å². The van der Waals surface area contributed by atoms with Crippen molar-refractivity contribution in [3.63, 3.8) is 0 Å². The van der Waals surface area contributed by atoms with E-state index in [1.54, 1.807) is 0 Å². The van der Waals surface area contributed by atoms with Gasteiger partial charge in [-0.15, -0.1) is 10.2 Å². The Morgan fingerprint density at radius 1 is 1.26 bits per heavy atom. The molecule has 0 saturated carbocycles. The lowest BCUT2D eigenvalue weighted by atomic mass is 10.1. The van der Waals surface area contributed by atoms with Gasteiger partial charge < -0.3 is 19.9 Å². The maximum absolute atomic E-state index is 12.4. The normalized spacial score (nSPS) is 14.5. The molecular formula is C22H30N6O2S. The molecule has 2 N–H and O–H groups in total. The van der Waals surface area contributed by atoms with Crippen LogP contribution in [-0.4, -0.2) is 64.3 Å². The zero-order chi connectivity index (χ0) is 21.6. The van der Waals surface area contributed by atoms with Crippen molar-refractivity contribution < 1.29 is 9.53 Å². The number of anilines is 1. The molecule has 2 aromatic heterocycles. The van der Waals surface area contributed by atoms with Crippen LogP contribution in [0.3, 0.4) is 0 Å². The van der Waals surface area contributed by atoms with Gasteiger partial charge in [0, 0.05) is 43.3 Å². The van der Waals surface area contributed by atoms with E-state index in [9.17, 15) is 4.79 Å². The molecule has 4 rings (SSSR count). The number of hydrogen-bond acceptors (Lipinski definition) is 6. The van der Waals surface area contributed by atoms with Gasteiger partial charge in [0.05, 0.1) is 19.0 Å². The first-order valence-corrected chi connectivity index (χ1v) is 11.8. The Hall–Kier alpha value is -2.52. The maximum Gasteiger partial charge on any atom is 0.230 e. The fourth-order valence-electron chi connectivity index (χ4n) is 3.77. The van der Waals surface area contributed by atoms with Crippen LogP contribution in [0.2, 0.25) is 0 Å². The van der Waals surface area contributed by atoms with Crippen molar-refractivity contribution in [3.05, 3.63) is 36.0 Å². The minimum absolute atomic E-state index is 0.0110. The maximum atomic E-state index is 12.4. The lowest BCUT2D eigenvalue weighted by Gasteiger charge is -2.28. The van der Waals surface area contributed by atoms with Crippen molar-refractivity contribution in [3.8, 4) is 0 Å². The van der Waals surface area contributed by atoms with Gasteiger partial charge in [-0.2, -0.15) is 0 Å². The predicted molar refractivity (Wildman–Crippen MR) is 124 cm³/mol. The van der Waals surface area contributed by atoms with Crippen molar-refractivity contribution in [2.75, 3.05) is 43.5 Å². The number of carbonyl (C=O) groups excluding carboxylic acids is 1. The van der Waals surface area contributed by atoms with Crippen molar-refractivity contribution in [1.82, 2.24) is 25.1 Å². The van der Waals surface area contributed by atoms with E-state index in [1.807, 2.05) is 18.3 Å². The number of rotatable bonds is 9. The average Bonchev–Trinajstić information content (AvgIpc) is 3.37. The summed E-state index contributed by atoms with van der Waals surface area (Å²) >= 11 is 1.45. The first kappa shape index (κ1) is 21.7. The second-order valence-electron chi connectivity index (χ2n) is 8.13. The molecule has 0 aliphatic carbocycles. The molecule has 9 heteroatoms. The highest BCUT2D eigenvalue weighted by molar-refractivity contribution is 7.99. The predicted octanol–water partition coefficient (Wildman–Crippen LogP) is 2.70. The number of nitrogens with zero attached hydrogens (tertiary/aromatic N) is 4. The van der Waals surface area contributed by atoms with Gasteiger partial charge >= 0.3 is 0 Å². The molecular weight excluding hydrogens is 412 g/mol. The molecule has 31 heavy (non-hydrogen) atoms. The number of benzene rings is 1. The molecule has 1 aromatic carbocycles. The summed E-state index contributed by atoms with van der Waals surface area (Å²) in [5.74, 6) is 1.67. The second-order valence-corrected chi connectivity index (χ2v) is 9.08. The third kappa shape index (κ3) is 5.40. The summed E-state index contributed by atoms with van der Waals surface area (Å²) in [5.41, 5.74) is 2.34. The number of carbonyl (C=O) groups is 1. The Morgan fingerprint density at radius 3 is 2.87 bits per heavy atom. The lowest BCUT2D eigenvalue weighted by molar-refractivity contribution is -0.118. The highest BCUT2D eigenvalue weighted by Gasteiger charge is 2.21. The summed E-state index contributed by atoms with van der Waals surface area (Å²) < 4.78 is 7.60. The summed E-state index contributed by atoms with van der Waals surface area (Å²) in [6, 6.07) is 8.22. The number of amides is 1. The molecule has 1 aliphatic rings. The number of fused-ring (bicyclic) bond motifs is 1. The smallest absolute Gasteiger partial charge is 0.230 e. The van der Waals surface area contributed by atoms with Crippen LogP contribution >= 0.6 is 11.8 Å². The molecule has 0 unspecified atom stereocenters. The molecule has 166 valence electrons. The average molecular weight is 443 g/mol. The van der Waals surface area contributed by atoms with Gasteiger partial charge in [-0.1, -0.05) is 43.8 Å². The Balaban J connectivity index is 1.31. The van der Waals surface area contributed by atoms with E-state index in [4.69, 9.17) is 4.74 Å². The third-order valence-electron chi connectivity index (χ3n) is 5.26. The van der Waals surface area contributed by atoms with Gasteiger partial charge in [0.2, 0.25) is 11.9 Å². The Labute approximate surface area is 186 Å². The number of hydrogen-bond donors (Lipinski definition) is 2. The second kappa shape index (κ2) is 10.2.